The molecule has 2 N–H and O–H groups in total. The number of hydrogen-bond acceptors (Lipinski definition) is 4. The van der Waals surface area contributed by atoms with Crippen LogP contribution in [0.1, 0.15) is 18.9 Å². The molecule has 2 aromatic rings. The summed E-state index contributed by atoms with van der Waals surface area (Å²) in [6.07, 6.45) is 0.960. The third kappa shape index (κ3) is 3.46. The molecule has 0 spiro atoms. The molecular formula is C15H17N3O2S. The summed E-state index contributed by atoms with van der Waals surface area (Å²) in [6, 6.07) is 9.14. The minimum atomic E-state index is -0.297. The van der Waals surface area contributed by atoms with E-state index < -0.39 is 0 Å². The van der Waals surface area contributed by atoms with Crippen LogP contribution in [-0.4, -0.2) is 21.4 Å². The average Bonchev–Trinajstić information content (AvgIpc) is 2.48. The topological polar surface area (TPSA) is 70.1 Å². The van der Waals surface area contributed by atoms with Crippen molar-refractivity contribution in [3.63, 3.8) is 0 Å². The van der Waals surface area contributed by atoms with E-state index in [1.807, 2.05) is 24.3 Å². The maximum atomic E-state index is 11.9. The zero-order valence-corrected chi connectivity index (χ0v) is 12.8. The molecule has 6 heteroatoms. The minimum absolute atomic E-state index is 0.0714. The highest BCUT2D eigenvalue weighted by molar-refractivity contribution is 7.80. The van der Waals surface area contributed by atoms with Gasteiger partial charge in [0.2, 0.25) is 0 Å². The number of benzene rings is 1. The van der Waals surface area contributed by atoms with Gasteiger partial charge in [-0.1, -0.05) is 19.1 Å². The zero-order valence-electron chi connectivity index (χ0n) is 12.0. The molecule has 0 aliphatic heterocycles. The van der Waals surface area contributed by atoms with E-state index in [9.17, 15) is 4.79 Å². The van der Waals surface area contributed by atoms with Crippen molar-refractivity contribution in [2.75, 3.05) is 6.61 Å². The molecule has 0 saturated heterocycles. The molecular weight excluding hydrogens is 286 g/mol. The van der Waals surface area contributed by atoms with Crippen LogP contribution < -0.4 is 16.0 Å². The van der Waals surface area contributed by atoms with E-state index in [-0.39, 0.29) is 10.5 Å². The summed E-state index contributed by atoms with van der Waals surface area (Å²) in [5, 5.41) is 4.23. The van der Waals surface area contributed by atoms with E-state index >= 15 is 0 Å². The zero-order chi connectivity index (χ0) is 15.4. The second kappa shape index (κ2) is 6.49. The molecule has 0 bridgehead atoms. The van der Waals surface area contributed by atoms with E-state index in [0.717, 1.165) is 17.7 Å². The first-order chi connectivity index (χ1) is 10.0. The predicted octanol–water partition coefficient (Wildman–Crippen LogP) is 1.87. The van der Waals surface area contributed by atoms with Crippen molar-refractivity contribution in [2.45, 2.75) is 13.3 Å². The first-order valence-corrected chi connectivity index (χ1v) is 7.05. The van der Waals surface area contributed by atoms with Crippen molar-refractivity contribution >= 4 is 17.2 Å². The number of aryl methyl sites for hydroxylation is 1. The summed E-state index contributed by atoms with van der Waals surface area (Å²) in [7, 11) is 1.58. The number of rotatable bonds is 5. The Morgan fingerprint density at radius 3 is 2.62 bits per heavy atom. The summed E-state index contributed by atoms with van der Waals surface area (Å²) in [4.78, 5) is 12.0. The van der Waals surface area contributed by atoms with Crippen LogP contribution in [0.15, 0.2) is 35.1 Å². The van der Waals surface area contributed by atoms with E-state index in [1.165, 1.54) is 4.68 Å². The number of thiocarbonyl (C=S) groups is 1. The third-order valence-electron chi connectivity index (χ3n) is 2.95. The predicted molar refractivity (Wildman–Crippen MR) is 86.6 cm³/mol. The van der Waals surface area contributed by atoms with Crippen LogP contribution in [-0.2, 0) is 7.05 Å². The average molecular weight is 303 g/mol. The number of nitrogens with zero attached hydrogens (tertiary/aromatic N) is 2. The fraction of sp³-hybridized carbons (Fsp3) is 0.267. The Morgan fingerprint density at radius 2 is 2.05 bits per heavy atom. The van der Waals surface area contributed by atoms with Crippen LogP contribution in [0.2, 0.25) is 0 Å². The minimum Gasteiger partial charge on any atom is -0.494 e. The largest absolute Gasteiger partial charge is 0.494 e. The molecule has 0 aliphatic rings. The molecule has 0 fully saturated rings. The molecule has 0 saturated carbocycles. The number of hydrogen-bond donors (Lipinski definition) is 1. The highest BCUT2D eigenvalue weighted by Gasteiger charge is 2.10. The van der Waals surface area contributed by atoms with E-state index in [2.05, 4.69) is 12.0 Å². The van der Waals surface area contributed by atoms with Gasteiger partial charge >= 0.3 is 0 Å². The second-order valence-electron chi connectivity index (χ2n) is 4.61. The standard InChI is InChI=1S/C15H17N3O2S/c1-3-8-20-11-6-4-10(5-7-11)13-9-12(14(16)21)15(19)18(2)17-13/h4-7,9H,3,8H2,1-2H3,(H2,16,21). The summed E-state index contributed by atoms with van der Waals surface area (Å²) in [5.41, 5.74) is 7.09. The van der Waals surface area contributed by atoms with Gasteiger partial charge in [0, 0.05) is 12.6 Å². The lowest BCUT2D eigenvalue weighted by Crippen LogP contribution is -2.29. The van der Waals surface area contributed by atoms with Crippen LogP contribution in [0.25, 0.3) is 11.3 Å². The molecule has 0 unspecified atom stereocenters. The molecule has 0 aliphatic carbocycles. The Kier molecular flexibility index (Phi) is 4.70. The Balaban J connectivity index is 2.38. The van der Waals surface area contributed by atoms with Crippen LogP contribution in [0.3, 0.4) is 0 Å². The number of aromatic nitrogens is 2. The smallest absolute Gasteiger partial charge is 0.276 e. The summed E-state index contributed by atoms with van der Waals surface area (Å²) < 4.78 is 6.78. The molecule has 0 atom stereocenters. The van der Waals surface area contributed by atoms with E-state index in [0.29, 0.717) is 17.9 Å². The Hall–Kier alpha value is -2.21. The lowest BCUT2D eigenvalue weighted by Gasteiger charge is -2.08. The van der Waals surface area contributed by atoms with Crippen molar-refractivity contribution in [2.24, 2.45) is 12.8 Å². The van der Waals surface area contributed by atoms with Crippen molar-refractivity contribution in [1.29, 1.82) is 0 Å². The van der Waals surface area contributed by atoms with Gasteiger partial charge in [0.25, 0.3) is 5.56 Å². The maximum absolute atomic E-state index is 11.9. The normalized spacial score (nSPS) is 10.4. The highest BCUT2D eigenvalue weighted by atomic mass is 32.1. The van der Waals surface area contributed by atoms with Crippen molar-refractivity contribution < 1.29 is 4.74 Å². The van der Waals surface area contributed by atoms with Gasteiger partial charge in [-0.3, -0.25) is 4.79 Å². The Bertz CT molecular complexity index is 708. The molecule has 1 heterocycles. The van der Waals surface area contributed by atoms with Gasteiger partial charge in [-0.2, -0.15) is 5.10 Å². The lowest BCUT2D eigenvalue weighted by molar-refractivity contribution is 0.317. The van der Waals surface area contributed by atoms with Crippen molar-refractivity contribution in [3.05, 3.63) is 46.2 Å². The van der Waals surface area contributed by atoms with E-state index in [4.69, 9.17) is 22.7 Å². The molecule has 110 valence electrons. The molecule has 1 aromatic heterocycles. The van der Waals surface area contributed by atoms with Crippen LogP contribution >= 0.6 is 12.2 Å². The maximum Gasteiger partial charge on any atom is 0.276 e. The summed E-state index contributed by atoms with van der Waals surface area (Å²) in [6.45, 7) is 2.74. The van der Waals surface area contributed by atoms with Crippen LogP contribution in [0.5, 0.6) is 5.75 Å². The fourth-order valence-corrected chi connectivity index (χ4v) is 2.01. The molecule has 5 nitrogen and oxygen atoms in total. The van der Waals surface area contributed by atoms with Crippen LogP contribution in [0, 0.1) is 0 Å². The molecule has 2 rings (SSSR count). The van der Waals surface area contributed by atoms with Gasteiger partial charge in [0.15, 0.2) is 0 Å². The van der Waals surface area contributed by atoms with Gasteiger partial charge in [0.05, 0.1) is 17.9 Å². The monoisotopic (exact) mass is 303 g/mol. The molecule has 1 aromatic carbocycles. The number of ether oxygens (including phenoxy) is 1. The van der Waals surface area contributed by atoms with Crippen molar-refractivity contribution in [3.8, 4) is 17.0 Å². The highest BCUT2D eigenvalue weighted by Crippen LogP contribution is 2.20. The van der Waals surface area contributed by atoms with Crippen molar-refractivity contribution in [1.82, 2.24) is 9.78 Å². The molecule has 0 amide bonds. The first kappa shape index (κ1) is 15.2. The second-order valence-corrected chi connectivity index (χ2v) is 5.05. The summed E-state index contributed by atoms with van der Waals surface area (Å²) in [5.74, 6) is 0.806. The van der Waals surface area contributed by atoms with Gasteiger partial charge in [-0.15, -0.1) is 0 Å². The quantitative estimate of drug-likeness (QED) is 0.854. The van der Waals surface area contributed by atoms with Gasteiger partial charge < -0.3 is 10.5 Å². The lowest BCUT2D eigenvalue weighted by atomic mass is 10.1. The Morgan fingerprint density at radius 1 is 1.38 bits per heavy atom. The number of nitrogens with two attached hydrogens (primary N) is 1. The van der Waals surface area contributed by atoms with Crippen LogP contribution in [0.4, 0.5) is 0 Å². The summed E-state index contributed by atoms with van der Waals surface area (Å²) >= 11 is 4.90. The fourth-order valence-electron chi connectivity index (χ4n) is 1.87. The first-order valence-electron chi connectivity index (χ1n) is 6.64. The van der Waals surface area contributed by atoms with Gasteiger partial charge in [-0.25, -0.2) is 4.68 Å². The molecule has 21 heavy (non-hydrogen) atoms. The molecule has 0 radical (unpaired) electrons. The SMILES string of the molecule is CCCOc1ccc(-c2cc(C(N)=S)c(=O)n(C)n2)cc1. The van der Waals surface area contributed by atoms with Gasteiger partial charge in [-0.05, 0) is 36.8 Å². The third-order valence-corrected chi connectivity index (χ3v) is 3.17. The van der Waals surface area contributed by atoms with E-state index in [1.54, 1.807) is 13.1 Å². The van der Waals surface area contributed by atoms with Gasteiger partial charge in [0.1, 0.15) is 10.7 Å². The Labute approximate surface area is 128 Å².